The summed E-state index contributed by atoms with van der Waals surface area (Å²) in [6, 6.07) is 4.46. The maximum absolute atomic E-state index is 12.1. The van der Waals surface area contributed by atoms with Gasteiger partial charge in [-0.2, -0.15) is 0 Å². The fourth-order valence-corrected chi connectivity index (χ4v) is 2.65. The van der Waals surface area contributed by atoms with E-state index in [0.717, 1.165) is 19.3 Å². The Morgan fingerprint density at radius 1 is 1.50 bits per heavy atom. The van der Waals surface area contributed by atoms with Crippen LogP contribution < -0.4 is 11.1 Å². The van der Waals surface area contributed by atoms with Gasteiger partial charge in [0.05, 0.1) is 10.6 Å². The van der Waals surface area contributed by atoms with Crippen LogP contribution in [0.5, 0.6) is 5.75 Å². The molecule has 0 saturated heterocycles. The van der Waals surface area contributed by atoms with E-state index >= 15 is 0 Å². The number of carbonyl (C=O) groups is 1. The van der Waals surface area contributed by atoms with E-state index < -0.39 is 0 Å². The number of phenolic OH excluding ortho intramolecular Hbond substituents is 1. The molecular formula is C13H17ClN2O2. The van der Waals surface area contributed by atoms with Crippen LogP contribution in [-0.4, -0.2) is 23.6 Å². The van der Waals surface area contributed by atoms with Crippen LogP contribution in [0.25, 0.3) is 0 Å². The summed E-state index contributed by atoms with van der Waals surface area (Å²) in [5, 5.41) is 12.7. The van der Waals surface area contributed by atoms with E-state index in [1.807, 2.05) is 0 Å². The fraction of sp³-hybridized carbons (Fsp3) is 0.462. The smallest absolute Gasteiger partial charge is 0.253 e. The number of benzene rings is 1. The zero-order valence-corrected chi connectivity index (χ0v) is 10.8. The van der Waals surface area contributed by atoms with Crippen LogP contribution in [0.1, 0.15) is 29.6 Å². The SMILES string of the molecule is NCC1CCCC1NC(=O)c1cc(O)ccc1Cl. The minimum atomic E-state index is -0.249. The van der Waals surface area contributed by atoms with E-state index in [1.54, 1.807) is 0 Å². The van der Waals surface area contributed by atoms with E-state index in [4.69, 9.17) is 17.3 Å². The molecule has 1 aromatic carbocycles. The molecule has 1 aliphatic rings. The zero-order valence-electron chi connectivity index (χ0n) is 10.0. The molecule has 1 fully saturated rings. The highest BCUT2D eigenvalue weighted by Crippen LogP contribution is 2.26. The molecule has 0 spiro atoms. The standard InChI is InChI=1S/C13H17ClN2O2/c14-11-5-4-9(17)6-10(11)13(18)16-12-3-1-2-8(12)7-15/h4-6,8,12,17H,1-3,7,15H2,(H,16,18). The first-order valence-electron chi connectivity index (χ1n) is 6.11. The Balaban J connectivity index is 2.09. The van der Waals surface area contributed by atoms with Crippen molar-refractivity contribution in [3.8, 4) is 5.75 Å². The summed E-state index contributed by atoms with van der Waals surface area (Å²) in [6.45, 7) is 0.582. The number of hydrogen-bond acceptors (Lipinski definition) is 3. The molecule has 5 heteroatoms. The summed E-state index contributed by atoms with van der Waals surface area (Å²) in [7, 11) is 0. The van der Waals surface area contributed by atoms with Crippen molar-refractivity contribution in [1.82, 2.24) is 5.32 Å². The number of phenols is 1. The molecule has 0 heterocycles. The van der Waals surface area contributed by atoms with Gasteiger partial charge >= 0.3 is 0 Å². The normalized spacial score (nSPS) is 23.0. The number of aromatic hydroxyl groups is 1. The second-order valence-corrected chi connectivity index (χ2v) is 5.08. The Bertz CT molecular complexity index is 451. The molecule has 0 aliphatic heterocycles. The summed E-state index contributed by atoms with van der Waals surface area (Å²) in [5.74, 6) is 0.123. The van der Waals surface area contributed by atoms with Crippen LogP contribution in [0.3, 0.4) is 0 Å². The minimum Gasteiger partial charge on any atom is -0.508 e. The predicted octanol–water partition coefficient (Wildman–Crippen LogP) is 1.90. The molecule has 1 saturated carbocycles. The largest absolute Gasteiger partial charge is 0.508 e. The Labute approximate surface area is 111 Å². The Hall–Kier alpha value is -1.26. The summed E-state index contributed by atoms with van der Waals surface area (Å²) >= 11 is 5.95. The van der Waals surface area contributed by atoms with Crippen LogP contribution in [0.2, 0.25) is 5.02 Å². The van der Waals surface area contributed by atoms with E-state index in [0.29, 0.717) is 23.0 Å². The number of amides is 1. The fourth-order valence-electron chi connectivity index (χ4n) is 2.44. The van der Waals surface area contributed by atoms with E-state index in [-0.39, 0.29) is 17.7 Å². The quantitative estimate of drug-likeness (QED) is 0.784. The third-order valence-electron chi connectivity index (χ3n) is 3.47. The summed E-state index contributed by atoms with van der Waals surface area (Å²) < 4.78 is 0. The van der Waals surface area contributed by atoms with Crippen molar-refractivity contribution in [2.45, 2.75) is 25.3 Å². The zero-order chi connectivity index (χ0) is 13.1. The average molecular weight is 269 g/mol. The maximum atomic E-state index is 12.1. The topological polar surface area (TPSA) is 75.3 Å². The summed E-state index contributed by atoms with van der Waals surface area (Å²) in [4.78, 5) is 12.1. The van der Waals surface area contributed by atoms with E-state index in [1.165, 1.54) is 18.2 Å². The lowest BCUT2D eigenvalue weighted by Crippen LogP contribution is -2.39. The summed E-state index contributed by atoms with van der Waals surface area (Å²) in [5.41, 5.74) is 5.98. The number of rotatable bonds is 3. The van der Waals surface area contributed by atoms with Gasteiger partial charge < -0.3 is 16.2 Å². The van der Waals surface area contributed by atoms with Crippen molar-refractivity contribution in [3.05, 3.63) is 28.8 Å². The molecule has 1 amide bonds. The first-order chi connectivity index (χ1) is 8.61. The molecule has 18 heavy (non-hydrogen) atoms. The molecule has 2 rings (SSSR count). The molecule has 1 aromatic rings. The lowest BCUT2D eigenvalue weighted by Gasteiger charge is -2.19. The van der Waals surface area contributed by atoms with Gasteiger partial charge in [0, 0.05) is 6.04 Å². The predicted molar refractivity (Wildman–Crippen MR) is 70.8 cm³/mol. The van der Waals surface area contributed by atoms with Crippen LogP contribution in [0, 0.1) is 5.92 Å². The number of halogens is 1. The van der Waals surface area contributed by atoms with E-state index in [9.17, 15) is 9.90 Å². The average Bonchev–Trinajstić information content (AvgIpc) is 2.79. The van der Waals surface area contributed by atoms with Crippen LogP contribution in [0.15, 0.2) is 18.2 Å². The molecule has 98 valence electrons. The third kappa shape index (κ3) is 2.76. The van der Waals surface area contributed by atoms with Crippen molar-refractivity contribution in [1.29, 1.82) is 0 Å². The van der Waals surface area contributed by atoms with Gasteiger partial charge in [-0.3, -0.25) is 4.79 Å². The first-order valence-corrected chi connectivity index (χ1v) is 6.49. The highest BCUT2D eigenvalue weighted by molar-refractivity contribution is 6.33. The number of nitrogens with one attached hydrogen (secondary N) is 1. The lowest BCUT2D eigenvalue weighted by molar-refractivity contribution is 0.0928. The molecule has 2 atom stereocenters. The van der Waals surface area contributed by atoms with Gasteiger partial charge in [0.15, 0.2) is 0 Å². The van der Waals surface area contributed by atoms with Gasteiger partial charge in [-0.05, 0) is 43.5 Å². The number of hydrogen-bond donors (Lipinski definition) is 3. The van der Waals surface area contributed by atoms with Crippen molar-refractivity contribution in [2.75, 3.05) is 6.54 Å². The van der Waals surface area contributed by atoms with Crippen molar-refractivity contribution >= 4 is 17.5 Å². The first kappa shape index (κ1) is 13.2. The van der Waals surface area contributed by atoms with Crippen LogP contribution in [0.4, 0.5) is 0 Å². The van der Waals surface area contributed by atoms with Gasteiger partial charge in [0.25, 0.3) is 5.91 Å². The second-order valence-electron chi connectivity index (χ2n) is 4.67. The molecule has 1 aliphatic carbocycles. The highest BCUT2D eigenvalue weighted by Gasteiger charge is 2.28. The lowest BCUT2D eigenvalue weighted by atomic mass is 10.0. The van der Waals surface area contributed by atoms with Crippen molar-refractivity contribution in [3.63, 3.8) is 0 Å². The highest BCUT2D eigenvalue weighted by atomic mass is 35.5. The maximum Gasteiger partial charge on any atom is 0.253 e. The number of carbonyl (C=O) groups excluding carboxylic acids is 1. The number of nitrogens with two attached hydrogens (primary N) is 1. The summed E-state index contributed by atoms with van der Waals surface area (Å²) in [6.07, 6.45) is 3.08. The molecule has 0 aromatic heterocycles. The molecular weight excluding hydrogens is 252 g/mol. The third-order valence-corrected chi connectivity index (χ3v) is 3.80. The molecule has 4 nitrogen and oxygen atoms in total. The van der Waals surface area contributed by atoms with Crippen molar-refractivity contribution in [2.24, 2.45) is 11.7 Å². The van der Waals surface area contributed by atoms with Gasteiger partial charge in [-0.15, -0.1) is 0 Å². The van der Waals surface area contributed by atoms with Gasteiger partial charge in [-0.1, -0.05) is 18.0 Å². The minimum absolute atomic E-state index is 0.0337. The van der Waals surface area contributed by atoms with Crippen molar-refractivity contribution < 1.29 is 9.90 Å². The Kier molecular flexibility index (Phi) is 4.09. The van der Waals surface area contributed by atoms with Gasteiger partial charge in [0.1, 0.15) is 5.75 Å². The molecule has 0 radical (unpaired) electrons. The van der Waals surface area contributed by atoms with Crippen LogP contribution in [-0.2, 0) is 0 Å². The molecule has 2 unspecified atom stereocenters. The van der Waals surface area contributed by atoms with Gasteiger partial charge in [0.2, 0.25) is 0 Å². The van der Waals surface area contributed by atoms with E-state index in [2.05, 4.69) is 5.32 Å². The van der Waals surface area contributed by atoms with Crippen LogP contribution >= 0.6 is 11.6 Å². The van der Waals surface area contributed by atoms with Gasteiger partial charge in [-0.25, -0.2) is 0 Å². The second kappa shape index (κ2) is 5.59. The Morgan fingerprint density at radius 3 is 3.00 bits per heavy atom. The molecule has 4 N–H and O–H groups in total. The monoisotopic (exact) mass is 268 g/mol. The Morgan fingerprint density at radius 2 is 2.28 bits per heavy atom. The molecule has 0 bridgehead atoms.